The molecule has 0 atom stereocenters. The van der Waals surface area contributed by atoms with Crippen molar-refractivity contribution >= 4 is 41.2 Å². The van der Waals surface area contributed by atoms with E-state index >= 15 is 0 Å². The van der Waals surface area contributed by atoms with E-state index in [1.54, 1.807) is 18.7 Å². The van der Waals surface area contributed by atoms with Crippen LogP contribution in [0.2, 0.25) is 0 Å². The second kappa shape index (κ2) is 16.1. The fraction of sp³-hybridized carbons (Fsp3) is 0.593. The fourth-order valence-corrected chi connectivity index (χ4v) is 4.03. The molecule has 40 heavy (non-hydrogen) atoms. The number of thiocarbonyl (C=S) groups is 1. The number of ether oxygens (including phenoxy) is 2. The summed E-state index contributed by atoms with van der Waals surface area (Å²) in [7, 11) is 1.35. The number of anilines is 1. The first-order valence-corrected chi connectivity index (χ1v) is 13.2. The Labute approximate surface area is 238 Å². The Balaban J connectivity index is 2.55. The molecule has 0 bridgehead atoms. The second-order valence-electron chi connectivity index (χ2n) is 9.95. The molecule has 0 aliphatic heterocycles. The van der Waals surface area contributed by atoms with Crippen LogP contribution >= 0.6 is 12.2 Å². The van der Waals surface area contributed by atoms with Crippen LogP contribution in [0.3, 0.4) is 0 Å². The molecular weight excluding hydrogens is 549 g/mol. The number of esters is 1. The molecule has 0 aliphatic carbocycles. The largest absolute Gasteiger partial charge is 0.463 e. The molecule has 1 aromatic carbocycles. The first-order valence-electron chi connectivity index (χ1n) is 12.8. The SMILES string of the molecule is CC(C)CC(=O)OCCOCCNC(=O)CCCN(C=S)C(C)(C)C(=O)N(C)c1ccc(C#N)c(C(F)(F)F)c1. The molecule has 0 aliphatic rings. The summed E-state index contributed by atoms with van der Waals surface area (Å²) in [6.07, 6.45) is -3.90. The van der Waals surface area contributed by atoms with Gasteiger partial charge in [0, 0.05) is 38.7 Å². The van der Waals surface area contributed by atoms with Gasteiger partial charge in [-0.25, -0.2) is 0 Å². The van der Waals surface area contributed by atoms with Gasteiger partial charge in [-0.1, -0.05) is 26.1 Å². The van der Waals surface area contributed by atoms with Crippen molar-refractivity contribution in [2.24, 2.45) is 5.92 Å². The van der Waals surface area contributed by atoms with Crippen molar-refractivity contribution in [2.75, 3.05) is 44.9 Å². The molecule has 0 radical (unpaired) electrons. The lowest BCUT2D eigenvalue weighted by Crippen LogP contribution is -2.55. The highest BCUT2D eigenvalue weighted by molar-refractivity contribution is 7.78. The van der Waals surface area contributed by atoms with Crippen molar-refractivity contribution in [3.05, 3.63) is 29.3 Å². The summed E-state index contributed by atoms with van der Waals surface area (Å²) in [5.41, 5.74) is -1.64. The number of alkyl halides is 3. The van der Waals surface area contributed by atoms with Gasteiger partial charge < -0.3 is 24.6 Å². The van der Waals surface area contributed by atoms with E-state index < -0.39 is 28.7 Å². The van der Waals surface area contributed by atoms with Crippen LogP contribution in [0.15, 0.2) is 18.2 Å². The number of hydrogen-bond donors (Lipinski definition) is 1. The molecule has 0 heterocycles. The van der Waals surface area contributed by atoms with Crippen molar-refractivity contribution in [1.82, 2.24) is 10.2 Å². The van der Waals surface area contributed by atoms with Gasteiger partial charge in [0.15, 0.2) is 0 Å². The smallest absolute Gasteiger partial charge is 0.417 e. The standard InChI is InChI=1S/C27H37F3N4O5S/c1-19(2)15-24(36)39-14-13-38-12-10-32-23(35)7-6-11-34(18-40)26(3,4)25(37)33(5)21-9-8-20(17-31)22(16-21)27(28,29)30/h8-9,16,18-19H,6-7,10-15H2,1-5H3,(H,32,35). The quantitative estimate of drug-likeness (QED) is 0.175. The van der Waals surface area contributed by atoms with Crippen LogP contribution < -0.4 is 10.2 Å². The first kappa shape index (κ1) is 34.8. The van der Waals surface area contributed by atoms with Crippen LogP contribution in [0.25, 0.3) is 0 Å². The zero-order valence-electron chi connectivity index (χ0n) is 23.5. The van der Waals surface area contributed by atoms with Gasteiger partial charge in [0.05, 0.1) is 35.9 Å². The van der Waals surface area contributed by atoms with Crippen LogP contribution in [-0.4, -0.2) is 73.7 Å². The van der Waals surface area contributed by atoms with E-state index in [0.29, 0.717) is 12.8 Å². The van der Waals surface area contributed by atoms with Crippen LogP contribution in [0.1, 0.15) is 58.1 Å². The Morgan fingerprint density at radius 1 is 1.18 bits per heavy atom. The minimum Gasteiger partial charge on any atom is -0.463 e. The van der Waals surface area contributed by atoms with E-state index in [-0.39, 0.29) is 62.8 Å². The number of nitrogens with zero attached hydrogens (tertiary/aromatic N) is 3. The van der Waals surface area contributed by atoms with Gasteiger partial charge >= 0.3 is 12.1 Å². The molecule has 0 spiro atoms. The summed E-state index contributed by atoms with van der Waals surface area (Å²) >= 11 is 5.08. The lowest BCUT2D eigenvalue weighted by atomic mass is 9.99. The van der Waals surface area contributed by atoms with Crippen molar-refractivity contribution < 1.29 is 37.0 Å². The van der Waals surface area contributed by atoms with Crippen molar-refractivity contribution in [3.8, 4) is 6.07 Å². The van der Waals surface area contributed by atoms with Gasteiger partial charge in [0.1, 0.15) is 12.1 Å². The molecule has 0 saturated carbocycles. The van der Waals surface area contributed by atoms with Gasteiger partial charge in [0.25, 0.3) is 5.91 Å². The van der Waals surface area contributed by atoms with Crippen LogP contribution in [0.5, 0.6) is 0 Å². The Bertz CT molecular complexity index is 1070. The lowest BCUT2D eigenvalue weighted by molar-refractivity contribution is -0.146. The Morgan fingerprint density at radius 2 is 1.85 bits per heavy atom. The molecule has 222 valence electrons. The third-order valence-electron chi connectivity index (χ3n) is 5.93. The van der Waals surface area contributed by atoms with E-state index in [1.807, 2.05) is 13.8 Å². The molecule has 0 saturated heterocycles. The summed E-state index contributed by atoms with van der Waals surface area (Å²) < 4.78 is 50.5. The Kier molecular flexibility index (Phi) is 14.0. The molecule has 1 N–H and O–H groups in total. The number of hydrogen-bond acceptors (Lipinski definition) is 7. The summed E-state index contributed by atoms with van der Waals surface area (Å²) in [5.74, 6) is -0.812. The maximum atomic E-state index is 13.4. The number of carbonyl (C=O) groups is 3. The van der Waals surface area contributed by atoms with E-state index in [1.165, 1.54) is 24.7 Å². The maximum Gasteiger partial charge on any atom is 0.417 e. The number of amides is 2. The predicted molar refractivity (Wildman–Crippen MR) is 147 cm³/mol. The van der Waals surface area contributed by atoms with E-state index in [2.05, 4.69) is 5.32 Å². The number of nitrogens with one attached hydrogen (secondary N) is 1. The predicted octanol–water partition coefficient (Wildman–Crippen LogP) is 4.08. The van der Waals surface area contributed by atoms with Gasteiger partial charge in [-0.3, -0.25) is 14.4 Å². The van der Waals surface area contributed by atoms with E-state index in [0.717, 1.165) is 17.0 Å². The van der Waals surface area contributed by atoms with Crippen LogP contribution in [-0.2, 0) is 30.0 Å². The Morgan fingerprint density at radius 3 is 2.42 bits per heavy atom. The second-order valence-corrected chi connectivity index (χ2v) is 10.2. The van der Waals surface area contributed by atoms with Gasteiger partial charge in [-0.05, 0) is 44.4 Å². The van der Waals surface area contributed by atoms with Crippen LogP contribution in [0, 0.1) is 17.2 Å². The van der Waals surface area contributed by atoms with Crippen LogP contribution in [0.4, 0.5) is 18.9 Å². The summed E-state index contributed by atoms with van der Waals surface area (Å²) in [5, 5.41) is 11.7. The molecular formula is C27H37F3N4O5S. The average Bonchev–Trinajstić information content (AvgIpc) is 2.88. The molecule has 0 unspecified atom stereocenters. The summed E-state index contributed by atoms with van der Waals surface area (Å²) in [6, 6.07) is 4.58. The highest BCUT2D eigenvalue weighted by Gasteiger charge is 2.38. The average molecular weight is 587 g/mol. The minimum absolute atomic E-state index is 0.0240. The number of halogens is 3. The van der Waals surface area contributed by atoms with E-state index in [4.69, 9.17) is 27.0 Å². The van der Waals surface area contributed by atoms with Crippen molar-refractivity contribution in [1.29, 1.82) is 5.26 Å². The molecule has 0 fully saturated rings. The van der Waals surface area contributed by atoms with Gasteiger partial charge in [-0.2, -0.15) is 18.4 Å². The number of nitriles is 1. The number of likely N-dealkylation sites (N-methyl/N-ethyl adjacent to an activating group) is 1. The zero-order chi connectivity index (χ0) is 30.5. The molecule has 9 nitrogen and oxygen atoms in total. The van der Waals surface area contributed by atoms with E-state index in [9.17, 15) is 27.6 Å². The summed E-state index contributed by atoms with van der Waals surface area (Å²) in [4.78, 5) is 39.5. The molecule has 1 aromatic rings. The van der Waals surface area contributed by atoms with Crippen molar-refractivity contribution in [3.63, 3.8) is 0 Å². The third-order valence-corrected chi connectivity index (χ3v) is 6.18. The zero-order valence-corrected chi connectivity index (χ0v) is 24.3. The number of carbonyl (C=O) groups excluding carboxylic acids is 3. The topological polar surface area (TPSA) is 112 Å². The third kappa shape index (κ3) is 11.1. The lowest BCUT2D eigenvalue weighted by Gasteiger charge is -2.38. The fourth-order valence-electron chi connectivity index (χ4n) is 3.66. The minimum atomic E-state index is -4.75. The number of benzene rings is 1. The highest BCUT2D eigenvalue weighted by Crippen LogP contribution is 2.34. The van der Waals surface area contributed by atoms with Gasteiger partial charge in [0.2, 0.25) is 5.91 Å². The molecule has 2 amide bonds. The first-order chi connectivity index (χ1) is 18.6. The highest BCUT2D eigenvalue weighted by atomic mass is 32.1. The Hall–Kier alpha value is -3.24. The van der Waals surface area contributed by atoms with Crippen molar-refractivity contribution in [2.45, 2.75) is 58.7 Å². The van der Waals surface area contributed by atoms with Gasteiger partial charge in [-0.15, -0.1) is 0 Å². The molecule has 13 heteroatoms. The number of rotatable bonds is 16. The monoisotopic (exact) mass is 586 g/mol. The molecule has 1 rings (SSSR count). The molecule has 0 aromatic heterocycles. The normalized spacial score (nSPS) is 11.5. The summed E-state index contributed by atoms with van der Waals surface area (Å²) in [6.45, 7) is 8.15. The maximum absolute atomic E-state index is 13.4.